The third-order valence-corrected chi connectivity index (χ3v) is 7.71. The van der Waals surface area contributed by atoms with Gasteiger partial charge in [-0.2, -0.15) is 0 Å². The van der Waals surface area contributed by atoms with Crippen LogP contribution in [-0.2, 0) is 26.2 Å². The fraction of sp³-hybridized carbons (Fsp3) is 0.286. The van der Waals surface area contributed by atoms with Crippen LogP contribution >= 0.6 is 0 Å². The molecule has 0 aliphatic heterocycles. The predicted octanol–water partition coefficient (Wildman–Crippen LogP) is 4.35. The quantitative estimate of drug-likeness (QED) is 0.356. The molecule has 1 unspecified atom stereocenters. The van der Waals surface area contributed by atoms with E-state index in [1.165, 1.54) is 4.90 Å². The third-order valence-electron chi connectivity index (χ3n) is 5.92. The zero-order valence-electron chi connectivity index (χ0n) is 21.0. The molecule has 0 saturated heterocycles. The van der Waals surface area contributed by atoms with Gasteiger partial charge in [-0.3, -0.25) is 13.9 Å². The van der Waals surface area contributed by atoms with E-state index >= 15 is 0 Å². The van der Waals surface area contributed by atoms with Crippen molar-refractivity contribution in [1.29, 1.82) is 0 Å². The molecule has 3 aromatic rings. The van der Waals surface area contributed by atoms with E-state index < -0.39 is 34.3 Å². The standard InChI is InChI=1S/C28H32FN3O4S/c1-3-4-19-30-28(34)22(2)31(20-23-11-7-5-8-12-23)27(33)21-32(25-13-9-6-10-14-25)37(35,36)26-17-15-24(29)16-18-26/h5-18,22H,3-4,19-21H2,1-2H3,(H,30,34). The van der Waals surface area contributed by atoms with Gasteiger partial charge in [0, 0.05) is 13.1 Å². The summed E-state index contributed by atoms with van der Waals surface area (Å²) in [5.74, 6) is -1.43. The van der Waals surface area contributed by atoms with Gasteiger partial charge in [0.2, 0.25) is 11.8 Å². The fourth-order valence-electron chi connectivity index (χ4n) is 3.76. The van der Waals surface area contributed by atoms with Gasteiger partial charge in [-0.1, -0.05) is 61.9 Å². The van der Waals surface area contributed by atoms with Crippen molar-refractivity contribution in [2.24, 2.45) is 0 Å². The summed E-state index contributed by atoms with van der Waals surface area (Å²) in [6, 6.07) is 21.0. The third kappa shape index (κ3) is 7.39. The molecule has 0 saturated carbocycles. The molecule has 37 heavy (non-hydrogen) atoms. The molecule has 3 rings (SSSR count). The van der Waals surface area contributed by atoms with Crippen molar-refractivity contribution in [2.45, 2.75) is 44.2 Å². The highest BCUT2D eigenvalue weighted by molar-refractivity contribution is 7.92. The summed E-state index contributed by atoms with van der Waals surface area (Å²) in [6.45, 7) is 3.72. The number of amides is 2. The summed E-state index contributed by atoms with van der Waals surface area (Å²) in [5, 5.41) is 2.85. The first kappa shape index (κ1) is 27.9. The molecule has 9 heteroatoms. The van der Waals surface area contributed by atoms with Gasteiger partial charge in [0.1, 0.15) is 18.4 Å². The lowest BCUT2D eigenvalue weighted by atomic mass is 10.1. The molecular weight excluding hydrogens is 493 g/mol. The number of rotatable bonds is 12. The molecule has 0 spiro atoms. The van der Waals surface area contributed by atoms with E-state index in [1.807, 2.05) is 37.3 Å². The number of carbonyl (C=O) groups is 2. The van der Waals surface area contributed by atoms with E-state index in [2.05, 4.69) is 5.32 Å². The molecule has 2 amide bonds. The maximum absolute atomic E-state index is 13.7. The highest BCUT2D eigenvalue weighted by atomic mass is 32.2. The maximum Gasteiger partial charge on any atom is 0.264 e. The molecule has 0 aliphatic carbocycles. The van der Waals surface area contributed by atoms with Crippen molar-refractivity contribution in [3.63, 3.8) is 0 Å². The van der Waals surface area contributed by atoms with Gasteiger partial charge >= 0.3 is 0 Å². The molecule has 0 aromatic heterocycles. The number of nitrogens with one attached hydrogen (secondary N) is 1. The number of sulfonamides is 1. The molecule has 0 heterocycles. The normalized spacial score (nSPS) is 12.0. The summed E-state index contributed by atoms with van der Waals surface area (Å²) in [4.78, 5) is 27.8. The van der Waals surface area contributed by atoms with E-state index in [9.17, 15) is 22.4 Å². The lowest BCUT2D eigenvalue weighted by Crippen LogP contribution is -2.51. The average Bonchev–Trinajstić information content (AvgIpc) is 2.91. The summed E-state index contributed by atoms with van der Waals surface area (Å²) < 4.78 is 41.7. The number of para-hydroxylation sites is 1. The largest absolute Gasteiger partial charge is 0.354 e. The minimum atomic E-state index is -4.22. The zero-order chi connectivity index (χ0) is 26.8. The molecule has 3 aromatic carbocycles. The Morgan fingerprint density at radius 1 is 0.919 bits per heavy atom. The summed E-state index contributed by atoms with van der Waals surface area (Å²) >= 11 is 0. The van der Waals surface area contributed by atoms with Crippen LogP contribution in [0.2, 0.25) is 0 Å². The minimum Gasteiger partial charge on any atom is -0.354 e. The Balaban J connectivity index is 1.95. The van der Waals surface area contributed by atoms with Crippen molar-refractivity contribution in [1.82, 2.24) is 10.2 Å². The maximum atomic E-state index is 13.7. The predicted molar refractivity (Wildman–Crippen MR) is 142 cm³/mol. The first-order chi connectivity index (χ1) is 17.7. The Morgan fingerprint density at radius 2 is 1.51 bits per heavy atom. The lowest BCUT2D eigenvalue weighted by Gasteiger charge is -2.32. The second kappa shape index (κ2) is 13.0. The highest BCUT2D eigenvalue weighted by Gasteiger charge is 2.32. The van der Waals surface area contributed by atoms with Crippen LogP contribution in [0.3, 0.4) is 0 Å². The van der Waals surface area contributed by atoms with Gasteiger partial charge in [0.15, 0.2) is 0 Å². The molecular formula is C28H32FN3O4S. The topological polar surface area (TPSA) is 86.8 Å². The van der Waals surface area contributed by atoms with Gasteiger partial charge < -0.3 is 10.2 Å². The Bertz CT molecular complexity index is 1270. The summed E-state index contributed by atoms with van der Waals surface area (Å²) in [7, 11) is -4.22. The summed E-state index contributed by atoms with van der Waals surface area (Å²) in [5.41, 5.74) is 1.08. The average molecular weight is 526 g/mol. The first-order valence-corrected chi connectivity index (χ1v) is 13.6. The second-order valence-electron chi connectivity index (χ2n) is 8.63. The number of unbranched alkanes of at least 4 members (excludes halogenated alkanes) is 1. The van der Waals surface area contributed by atoms with Crippen LogP contribution < -0.4 is 9.62 Å². The van der Waals surface area contributed by atoms with Gasteiger partial charge in [0.25, 0.3) is 10.0 Å². The van der Waals surface area contributed by atoms with Crippen LogP contribution in [0.5, 0.6) is 0 Å². The molecule has 1 atom stereocenters. The zero-order valence-corrected chi connectivity index (χ0v) is 21.8. The number of nitrogens with zero attached hydrogens (tertiary/aromatic N) is 2. The van der Waals surface area contributed by atoms with E-state index in [0.29, 0.717) is 6.54 Å². The van der Waals surface area contributed by atoms with Crippen molar-refractivity contribution in [2.75, 3.05) is 17.4 Å². The number of anilines is 1. The number of hydrogen-bond donors (Lipinski definition) is 1. The molecule has 196 valence electrons. The molecule has 7 nitrogen and oxygen atoms in total. The number of halogens is 1. The van der Waals surface area contributed by atoms with E-state index in [4.69, 9.17) is 0 Å². The molecule has 0 aliphatic rings. The van der Waals surface area contributed by atoms with Gasteiger partial charge in [-0.25, -0.2) is 12.8 Å². The number of hydrogen-bond acceptors (Lipinski definition) is 4. The Morgan fingerprint density at radius 3 is 2.11 bits per heavy atom. The SMILES string of the molecule is CCCCNC(=O)C(C)N(Cc1ccccc1)C(=O)CN(c1ccccc1)S(=O)(=O)c1ccc(F)cc1. The number of benzene rings is 3. The lowest BCUT2D eigenvalue weighted by molar-refractivity contribution is -0.139. The summed E-state index contributed by atoms with van der Waals surface area (Å²) in [6.07, 6.45) is 1.72. The Labute approximate surface area is 218 Å². The molecule has 0 radical (unpaired) electrons. The van der Waals surface area contributed by atoms with E-state index in [-0.39, 0.29) is 23.0 Å². The van der Waals surface area contributed by atoms with E-state index in [0.717, 1.165) is 47.0 Å². The molecule has 0 fully saturated rings. The van der Waals surface area contributed by atoms with Crippen LogP contribution in [0.15, 0.2) is 89.8 Å². The van der Waals surface area contributed by atoms with Crippen LogP contribution in [-0.4, -0.2) is 44.3 Å². The van der Waals surface area contributed by atoms with Crippen molar-refractivity contribution in [3.05, 3.63) is 96.3 Å². The first-order valence-electron chi connectivity index (χ1n) is 12.2. The van der Waals surface area contributed by atoms with Gasteiger partial charge in [-0.05, 0) is 55.3 Å². The van der Waals surface area contributed by atoms with Gasteiger partial charge in [0.05, 0.1) is 10.6 Å². The Kier molecular flexibility index (Phi) is 9.79. The van der Waals surface area contributed by atoms with Crippen LogP contribution in [0, 0.1) is 5.82 Å². The Hall–Kier alpha value is -3.72. The van der Waals surface area contributed by atoms with Crippen molar-refractivity contribution in [3.8, 4) is 0 Å². The molecule has 0 bridgehead atoms. The fourth-order valence-corrected chi connectivity index (χ4v) is 5.17. The van der Waals surface area contributed by atoms with Crippen LogP contribution in [0.1, 0.15) is 32.3 Å². The van der Waals surface area contributed by atoms with E-state index in [1.54, 1.807) is 37.3 Å². The minimum absolute atomic E-state index is 0.126. The second-order valence-corrected chi connectivity index (χ2v) is 10.5. The van der Waals surface area contributed by atoms with Crippen LogP contribution in [0.25, 0.3) is 0 Å². The molecule has 1 N–H and O–H groups in total. The van der Waals surface area contributed by atoms with Crippen molar-refractivity contribution < 1.29 is 22.4 Å². The highest BCUT2D eigenvalue weighted by Crippen LogP contribution is 2.24. The van der Waals surface area contributed by atoms with Crippen LogP contribution in [0.4, 0.5) is 10.1 Å². The van der Waals surface area contributed by atoms with Crippen molar-refractivity contribution >= 4 is 27.5 Å². The smallest absolute Gasteiger partial charge is 0.264 e. The monoisotopic (exact) mass is 525 g/mol. The van der Waals surface area contributed by atoms with Gasteiger partial charge in [-0.15, -0.1) is 0 Å². The number of carbonyl (C=O) groups excluding carboxylic acids is 2.